The Labute approximate surface area is 77.5 Å². The molecular formula is C11H21B. The normalized spacial score (nSPS) is 42.2. The van der Waals surface area contributed by atoms with Gasteiger partial charge in [-0.3, -0.25) is 0 Å². The number of hydrogen-bond donors (Lipinski definition) is 0. The summed E-state index contributed by atoms with van der Waals surface area (Å²) in [5.74, 6) is 3.38. The lowest BCUT2D eigenvalue weighted by Gasteiger charge is -2.21. The molecule has 1 heteroatoms. The van der Waals surface area contributed by atoms with Gasteiger partial charge in [-0.25, -0.2) is 0 Å². The minimum absolute atomic E-state index is 1.10. The monoisotopic (exact) mass is 164 g/mol. The third-order valence-corrected chi connectivity index (χ3v) is 4.26. The molecule has 3 atom stereocenters. The van der Waals surface area contributed by atoms with Gasteiger partial charge in [-0.2, -0.15) is 0 Å². The average molecular weight is 164 g/mol. The van der Waals surface area contributed by atoms with Crippen LogP contribution in [0.2, 0.25) is 6.32 Å². The lowest BCUT2D eigenvalue weighted by molar-refractivity contribution is 0.309. The quantitative estimate of drug-likeness (QED) is 0.522. The SMILES string of the molecule is BCC1CCC2CCCCC[C@H]12. The molecule has 12 heavy (non-hydrogen) atoms. The van der Waals surface area contributed by atoms with Gasteiger partial charge in [-0.15, -0.1) is 0 Å². The Morgan fingerprint density at radius 1 is 0.917 bits per heavy atom. The molecule has 2 saturated carbocycles. The van der Waals surface area contributed by atoms with Crippen LogP contribution in [0.15, 0.2) is 0 Å². The van der Waals surface area contributed by atoms with Crippen LogP contribution in [0.5, 0.6) is 0 Å². The summed E-state index contributed by atoms with van der Waals surface area (Å²) in [6.45, 7) is 0. The Morgan fingerprint density at radius 3 is 2.58 bits per heavy atom. The first-order valence-electron chi connectivity index (χ1n) is 5.92. The Hall–Kier alpha value is 0.0649. The van der Waals surface area contributed by atoms with Crippen molar-refractivity contribution < 1.29 is 0 Å². The Balaban J connectivity index is 1.99. The van der Waals surface area contributed by atoms with Gasteiger partial charge in [0.2, 0.25) is 0 Å². The van der Waals surface area contributed by atoms with E-state index in [1.165, 1.54) is 25.6 Å². The van der Waals surface area contributed by atoms with Crippen LogP contribution in [-0.4, -0.2) is 7.85 Å². The number of hydrogen-bond acceptors (Lipinski definition) is 0. The van der Waals surface area contributed by atoms with Crippen LogP contribution in [0, 0.1) is 17.8 Å². The van der Waals surface area contributed by atoms with Gasteiger partial charge >= 0.3 is 0 Å². The molecular weight excluding hydrogens is 143 g/mol. The van der Waals surface area contributed by atoms with Gasteiger partial charge in [0.05, 0.1) is 0 Å². The fourth-order valence-electron chi connectivity index (χ4n) is 3.54. The van der Waals surface area contributed by atoms with Gasteiger partial charge in [0.1, 0.15) is 7.85 Å². The predicted molar refractivity (Wildman–Crippen MR) is 56.1 cm³/mol. The van der Waals surface area contributed by atoms with Crippen LogP contribution in [-0.2, 0) is 0 Å². The van der Waals surface area contributed by atoms with Crippen molar-refractivity contribution in [1.29, 1.82) is 0 Å². The molecule has 0 nitrogen and oxygen atoms in total. The van der Waals surface area contributed by atoms with Gasteiger partial charge in [-0.05, 0) is 30.6 Å². The summed E-state index contributed by atoms with van der Waals surface area (Å²) >= 11 is 0. The summed E-state index contributed by atoms with van der Waals surface area (Å²) in [5.41, 5.74) is 0. The van der Waals surface area contributed by atoms with Crippen LogP contribution >= 0.6 is 0 Å². The van der Waals surface area contributed by atoms with Crippen molar-refractivity contribution in [3.63, 3.8) is 0 Å². The molecule has 0 aromatic rings. The third-order valence-electron chi connectivity index (χ3n) is 4.26. The molecule has 0 heterocycles. The van der Waals surface area contributed by atoms with Gasteiger partial charge in [-0.1, -0.05) is 38.4 Å². The van der Waals surface area contributed by atoms with E-state index in [1.54, 1.807) is 25.7 Å². The Morgan fingerprint density at radius 2 is 1.75 bits per heavy atom. The van der Waals surface area contributed by atoms with E-state index >= 15 is 0 Å². The maximum atomic E-state index is 2.39. The highest BCUT2D eigenvalue weighted by molar-refractivity contribution is 6.08. The molecule has 0 N–H and O–H groups in total. The smallest absolute Gasteiger partial charge is 0.0780 e. The third kappa shape index (κ3) is 1.55. The second-order valence-electron chi connectivity index (χ2n) is 4.81. The molecule has 0 radical (unpaired) electrons. The fourth-order valence-corrected chi connectivity index (χ4v) is 3.54. The van der Waals surface area contributed by atoms with Crippen molar-refractivity contribution in [3.8, 4) is 0 Å². The largest absolute Gasteiger partial charge is 0.101 e. The maximum absolute atomic E-state index is 2.39. The van der Waals surface area contributed by atoms with E-state index in [2.05, 4.69) is 7.85 Å². The van der Waals surface area contributed by atoms with Crippen molar-refractivity contribution >= 4 is 7.85 Å². The summed E-state index contributed by atoms with van der Waals surface area (Å²) < 4.78 is 0. The molecule has 0 spiro atoms. The minimum atomic E-state index is 1.10. The maximum Gasteiger partial charge on any atom is 0.101 e. The molecule has 0 aromatic carbocycles. The molecule has 2 rings (SSSR count). The first-order valence-corrected chi connectivity index (χ1v) is 5.92. The van der Waals surface area contributed by atoms with Crippen LogP contribution in [0.4, 0.5) is 0 Å². The highest BCUT2D eigenvalue weighted by Gasteiger charge is 2.34. The second-order valence-corrected chi connectivity index (χ2v) is 4.81. The van der Waals surface area contributed by atoms with Crippen molar-refractivity contribution in [1.82, 2.24) is 0 Å². The van der Waals surface area contributed by atoms with E-state index in [0.29, 0.717) is 0 Å². The molecule has 0 amide bonds. The summed E-state index contributed by atoms with van der Waals surface area (Å²) in [5, 5.41) is 0. The molecule has 2 aliphatic carbocycles. The van der Waals surface area contributed by atoms with E-state index in [-0.39, 0.29) is 0 Å². The molecule has 2 aliphatic rings. The van der Waals surface area contributed by atoms with Gasteiger partial charge in [0.15, 0.2) is 0 Å². The van der Waals surface area contributed by atoms with Gasteiger partial charge in [0, 0.05) is 0 Å². The van der Waals surface area contributed by atoms with Crippen LogP contribution < -0.4 is 0 Å². The first kappa shape index (κ1) is 8.65. The molecule has 0 saturated heterocycles. The Bertz CT molecular complexity index is 144. The van der Waals surface area contributed by atoms with Crippen LogP contribution in [0.1, 0.15) is 44.9 Å². The second kappa shape index (κ2) is 3.85. The molecule has 0 aromatic heterocycles. The van der Waals surface area contributed by atoms with E-state index in [1.807, 2.05) is 0 Å². The van der Waals surface area contributed by atoms with Crippen molar-refractivity contribution in [2.24, 2.45) is 17.8 Å². The molecule has 2 unspecified atom stereocenters. The number of fused-ring (bicyclic) bond motifs is 1. The highest BCUT2D eigenvalue weighted by atomic mass is 14.4. The van der Waals surface area contributed by atoms with E-state index in [0.717, 1.165) is 17.8 Å². The summed E-state index contributed by atoms with van der Waals surface area (Å²) in [6, 6.07) is 0. The number of rotatable bonds is 1. The zero-order chi connectivity index (χ0) is 8.39. The highest BCUT2D eigenvalue weighted by Crippen LogP contribution is 2.45. The van der Waals surface area contributed by atoms with E-state index in [9.17, 15) is 0 Å². The van der Waals surface area contributed by atoms with Crippen molar-refractivity contribution in [3.05, 3.63) is 0 Å². The van der Waals surface area contributed by atoms with Gasteiger partial charge < -0.3 is 0 Å². The van der Waals surface area contributed by atoms with Crippen molar-refractivity contribution in [2.75, 3.05) is 0 Å². The molecule has 0 aliphatic heterocycles. The zero-order valence-electron chi connectivity index (χ0n) is 8.39. The summed E-state index contributed by atoms with van der Waals surface area (Å²) in [7, 11) is 2.39. The predicted octanol–water partition coefficient (Wildman–Crippen LogP) is 2.64. The van der Waals surface area contributed by atoms with Crippen molar-refractivity contribution in [2.45, 2.75) is 51.3 Å². The summed E-state index contributed by atoms with van der Waals surface area (Å²) in [4.78, 5) is 0. The fraction of sp³-hybridized carbons (Fsp3) is 1.00. The first-order chi connectivity index (χ1) is 5.92. The average Bonchev–Trinajstić information content (AvgIpc) is 2.33. The van der Waals surface area contributed by atoms with Crippen LogP contribution in [0.25, 0.3) is 0 Å². The standard InChI is InChI=1S/C11H21B/c12-8-10-7-6-9-4-2-1-3-5-11(9)10/h9-11H,1-8,12H2/t9?,10?,11-/m0/s1. The molecule has 0 bridgehead atoms. The lowest BCUT2D eigenvalue weighted by Crippen LogP contribution is -2.13. The van der Waals surface area contributed by atoms with Gasteiger partial charge in [0.25, 0.3) is 0 Å². The van der Waals surface area contributed by atoms with E-state index < -0.39 is 0 Å². The zero-order valence-corrected chi connectivity index (χ0v) is 8.39. The van der Waals surface area contributed by atoms with E-state index in [4.69, 9.17) is 0 Å². The summed E-state index contributed by atoms with van der Waals surface area (Å²) in [6.07, 6.45) is 12.2. The van der Waals surface area contributed by atoms with Crippen LogP contribution in [0.3, 0.4) is 0 Å². The minimum Gasteiger partial charge on any atom is -0.0780 e. The molecule has 68 valence electrons. The lowest BCUT2D eigenvalue weighted by atomic mass is 9.79. The topological polar surface area (TPSA) is 0 Å². The molecule has 2 fully saturated rings. The Kier molecular flexibility index (Phi) is 2.78.